The van der Waals surface area contributed by atoms with Crippen molar-refractivity contribution in [2.75, 3.05) is 19.6 Å². The highest BCUT2D eigenvalue weighted by atomic mass is 19.1. The quantitative estimate of drug-likeness (QED) is 0.924. The Morgan fingerprint density at radius 2 is 2.33 bits per heavy atom. The minimum Gasteiger partial charge on any atom is -0.350 e. The molecular weight excluding hydrogens is 267 g/mol. The van der Waals surface area contributed by atoms with Crippen LogP contribution in [0.4, 0.5) is 4.39 Å². The molecule has 1 amide bonds. The number of benzene rings is 1. The first-order valence-electron chi connectivity index (χ1n) is 7.95. The maximum atomic E-state index is 13.1. The molecule has 3 nitrogen and oxygen atoms in total. The first-order chi connectivity index (χ1) is 10.2. The molecule has 4 atom stereocenters. The highest BCUT2D eigenvalue weighted by molar-refractivity contribution is 5.94. The molecule has 21 heavy (non-hydrogen) atoms. The number of hydrogen-bond donors (Lipinski definition) is 1. The molecule has 3 fully saturated rings. The molecule has 3 aliphatic rings. The first-order valence-corrected chi connectivity index (χ1v) is 7.95. The van der Waals surface area contributed by atoms with Crippen LogP contribution in [0.5, 0.6) is 0 Å². The molecule has 114 valence electrons. The molecule has 4 heteroatoms. The molecule has 3 aliphatic heterocycles. The zero-order chi connectivity index (χ0) is 14.8. The summed E-state index contributed by atoms with van der Waals surface area (Å²) in [4.78, 5) is 14.6. The Morgan fingerprint density at radius 3 is 3.00 bits per heavy atom. The molecular formula is C17H23FN2O. The minimum atomic E-state index is -0.367. The van der Waals surface area contributed by atoms with Gasteiger partial charge in [0.15, 0.2) is 0 Å². The van der Waals surface area contributed by atoms with Gasteiger partial charge in [0.1, 0.15) is 5.82 Å². The van der Waals surface area contributed by atoms with E-state index < -0.39 is 0 Å². The molecule has 2 bridgehead atoms. The molecule has 0 radical (unpaired) electrons. The average Bonchev–Trinajstić information content (AvgIpc) is 2.53. The van der Waals surface area contributed by atoms with Gasteiger partial charge in [-0.15, -0.1) is 0 Å². The van der Waals surface area contributed by atoms with Gasteiger partial charge in [-0.25, -0.2) is 4.39 Å². The fraction of sp³-hybridized carbons (Fsp3) is 0.588. The van der Waals surface area contributed by atoms with Crippen LogP contribution in [-0.2, 0) is 0 Å². The fourth-order valence-electron chi connectivity index (χ4n) is 3.87. The van der Waals surface area contributed by atoms with Crippen LogP contribution < -0.4 is 5.32 Å². The van der Waals surface area contributed by atoms with E-state index in [1.807, 2.05) is 0 Å². The number of amides is 1. The van der Waals surface area contributed by atoms with Crippen LogP contribution in [0.2, 0.25) is 0 Å². The minimum absolute atomic E-state index is 0.177. The van der Waals surface area contributed by atoms with E-state index in [0.29, 0.717) is 18.2 Å². The Morgan fingerprint density at radius 1 is 1.48 bits per heavy atom. The second kappa shape index (κ2) is 6.14. The van der Waals surface area contributed by atoms with E-state index >= 15 is 0 Å². The van der Waals surface area contributed by atoms with E-state index in [-0.39, 0.29) is 11.7 Å². The zero-order valence-electron chi connectivity index (χ0n) is 12.5. The van der Waals surface area contributed by atoms with Crippen LogP contribution in [-0.4, -0.2) is 36.5 Å². The van der Waals surface area contributed by atoms with Crippen molar-refractivity contribution in [2.45, 2.75) is 32.2 Å². The highest BCUT2D eigenvalue weighted by Gasteiger charge is 2.38. The summed E-state index contributed by atoms with van der Waals surface area (Å²) >= 11 is 0. The standard InChI is InChI=1S/C17H23FN2O/c1-2-12-11-20-7-6-13(12)9-16(20)10-19-17(21)14-4-3-5-15(18)8-14/h3-5,8,12-13,16H,2,6-7,9-11H2,1H3,(H,19,21)/t12-,13+,16-/m1/s1. The molecule has 1 aromatic carbocycles. The van der Waals surface area contributed by atoms with Crippen molar-refractivity contribution in [3.8, 4) is 0 Å². The largest absolute Gasteiger partial charge is 0.350 e. The number of nitrogens with zero attached hydrogens (tertiary/aromatic N) is 1. The number of halogens is 1. The van der Waals surface area contributed by atoms with Crippen molar-refractivity contribution in [2.24, 2.45) is 11.8 Å². The number of carbonyl (C=O) groups excluding carboxylic acids is 1. The SMILES string of the molecule is CC[C@@H]1CN2CC[C@H]1C[C@@H]2CNC(=O)c1cccc(F)c1. The maximum absolute atomic E-state index is 13.1. The lowest BCUT2D eigenvalue weighted by molar-refractivity contribution is 0.000725. The van der Waals surface area contributed by atoms with Crippen molar-refractivity contribution < 1.29 is 9.18 Å². The summed E-state index contributed by atoms with van der Waals surface area (Å²) in [6.07, 6.45) is 3.73. The van der Waals surface area contributed by atoms with Crippen LogP contribution in [0.3, 0.4) is 0 Å². The van der Waals surface area contributed by atoms with Crippen LogP contribution >= 0.6 is 0 Å². The molecule has 4 rings (SSSR count). The number of carbonyl (C=O) groups is 1. The molecule has 0 saturated carbocycles. The number of piperidine rings is 3. The second-order valence-electron chi connectivity index (χ2n) is 6.32. The second-order valence-corrected chi connectivity index (χ2v) is 6.32. The van der Waals surface area contributed by atoms with Gasteiger partial charge >= 0.3 is 0 Å². The van der Waals surface area contributed by atoms with Crippen LogP contribution in [0.25, 0.3) is 0 Å². The summed E-state index contributed by atoms with van der Waals surface area (Å²) < 4.78 is 13.1. The lowest BCUT2D eigenvalue weighted by Gasteiger charge is -2.50. The summed E-state index contributed by atoms with van der Waals surface area (Å²) in [7, 11) is 0. The topological polar surface area (TPSA) is 32.3 Å². The fourth-order valence-corrected chi connectivity index (χ4v) is 3.87. The van der Waals surface area contributed by atoms with Crippen LogP contribution in [0.1, 0.15) is 36.5 Å². The lowest BCUT2D eigenvalue weighted by atomic mass is 9.74. The predicted molar refractivity (Wildman–Crippen MR) is 80.6 cm³/mol. The van der Waals surface area contributed by atoms with E-state index in [1.165, 1.54) is 37.9 Å². The lowest BCUT2D eigenvalue weighted by Crippen LogP contribution is -2.56. The zero-order valence-corrected chi connectivity index (χ0v) is 12.5. The number of hydrogen-bond acceptors (Lipinski definition) is 2. The molecule has 0 aliphatic carbocycles. The van der Waals surface area contributed by atoms with Gasteiger partial charge in [-0.2, -0.15) is 0 Å². The molecule has 3 saturated heterocycles. The summed E-state index contributed by atoms with van der Waals surface area (Å²) in [5.41, 5.74) is 0.400. The van der Waals surface area contributed by atoms with Crippen molar-refractivity contribution in [3.63, 3.8) is 0 Å². The third kappa shape index (κ3) is 3.10. The van der Waals surface area contributed by atoms with Gasteiger partial charge in [0, 0.05) is 24.7 Å². The summed E-state index contributed by atoms with van der Waals surface area (Å²) in [5.74, 6) is 1.10. The van der Waals surface area contributed by atoms with Crippen LogP contribution in [0.15, 0.2) is 24.3 Å². The van der Waals surface area contributed by atoms with E-state index in [9.17, 15) is 9.18 Å². The highest BCUT2D eigenvalue weighted by Crippen LogP contribution is 2.37. The summed E-state index contributed by atoms with van der Waals surface area (Å²) in [5, 5.41) is 2.97. The van der Waals surface area contributed by atoms with Crippen molar-refractivity contribution in [1.82, 2.24) is 10.2 Å². The Bertz CT molecular complexity index is 519. The Labute approximate surface area is 125 Å². The molecule has 3 heterocycles. The van der Waals surface area contributed by atoms with Gasteiger partial charge in [0.05, 0.1) is 0 Å². The average molecular weight is 290 g/mol. The van der Waals surface area contributed by atoms with Crippen molar-refractivity contribution in [3.05, 3.63) is 35.6 Å². The Kier molecular flexibility index (Phi) is 4.24. The molecule has 1 unspecified atom stereocenters. The summed E-state index contributed by atoms with van der Waals surface area (Å²) in [6, 6.07) is 6.31. The van der Waals surface area contributed by atoms with E-state index in [0.717, 1.165) is 18.4 Å². The number of nitrogens with one attached hydrogen (secondary N) is 1. The smallest absolute Gasteiger partial charge is 0.251 e. The first kappa shape index (κ1) is 14.5. The predicted octanol–water partition coefficient (Wildman–Crippen LogP) is 2.68. The van der Waals surface area contributed by atoms with Gasteiger partial charge in [-0.05, 0) is 49.4 Å². The normalized spacial score (nSPS) is 31.1. The van der Waals surface area contributed by atoms with Gasteiger partial charge < -0.3 is 5.32 Å². The van der Waals surface area contributed by atoms with Gasteiger partial charge in [0.2, 0.25) is 0 Å². The Hall–Kier alpha value is -1.42. The third-order valence-corrected chi connectivity index (χ3v) is 5.12. The number of fused-ring (bicyclic) bond motifs is 3. The van der Waals surface area contributed by atoms with Gasteiger partial charge in [-0.3, -0.25) is 9.69 Å². The molecule has 0 aromatic heterocycles. The monoisotopic (exact) mass is 290 g/mol. The van der Waals surface area contributed by atoms with E-state index in [1.54, 1.807) is 12.1 Å². The third-order valence-electron chi connectivity index (χ3n) is 5.12. The van der Waals surface area contributed by atoms with Crippen molar-refractivity contribution in [1.29, 1.82) is 0 Å². The number of rotatable bonds is 4. The van der Waals surface area contributed by atoms with Crippen molar-refractivity contribution >= 4 is 5.91 Å². The Balaban J connectivity index is 1.55. The van der Waals surface area contributed by atoms with E-state index in [2.05, 4.69) is 17.1 Å². The molecule has 1 aromatic rings. The molecule has 1 N–H and O–H groups in total. The maximum Gasteiger partial charge on any atom is 0.251 e. The molecule has 0 spiro atoms. The van der Waals surface area contributed by atoms with Gasteiger partial charge in [0.25, 0.3) is 5.91 Å². The summed E-state index contributed by atoms with van der Waals surface area (Å²) in [6.45, 7) is 5.26. The van der Waals surface area contributed by atoms with Gasteiger partial charge in [-0.1, -0.05) is 19.4 Å². The van der Waals surface area contributed by atoms with E-state index in [4.69, 9.17) is 0 Å². The van der Waals surface area contributed by atoms with Crippen LogP contribution in [0, 0.1) is 17.7 Å².